The average molecular weight is 478 g/mol. The highest BCUT2D eigenvalue weighted by Crippen LogP contribution is 2.79. The van der Waals surface area contributed by atoms with Crippen molar-refractivity contribution >= 4 is 35.7 Å². The zero-order valence-electron chi connectivity index (χ0n) is 19.7. The van der Waals surface area contributed by atoms with Crippen LogP contribution in [0.1, 0.15) is 35.6 Å². The van der Waals surface area contributed by atoms with Crippen molar-refractivity contribution in [3.05, 3.63) is 120 Å². The van der Waals surface area contributed by atoms with Gasteiger partial charge in [0.1, 0.15) is 6.29 Å². The number of fused-ring (bicyclic) bond motifs is 4. The van der Waals surface area contributed by atoms with Gasteiger partial charge in [0.2, 0.25) is 0 Å². The van der Waals surface area contributed by atoms with E-state index in [0.717, 1.165) is 39.1 Å². The quantitative estimate of drug-likeness (QED) is 0.231. The van der Waals surface area contributed by atoms with Crippen LogP contribution in [0.25, 0.3) is 16.8 Å². The van der Waals surface area contributed by atoms with E-state index in [2.05, 4.69) is 71.4 Å². The smallest absolute Gasteiger partial charge is 0.190 e. The number of benzene rings is 4. The zero-order valence-corrected chi connectivity index (χ0v) is 20.6. The third-order valence-electron chi connectivity index (χ3n) is 8.07. The van der Waals surface area contributed by atoms with Crippen molar-refractivity contribution in [1.29, 1.82) is 0 Å². The molecule has 4 atom stereocenters. The summed E-state index contributed by atoms with van der Waals surface area (Å²) in [4.78, 5) is 11.8. The summed E-state index contributed by atoms with van der Waals surface area (Å²) in [5.41, 5.74) is 3.34. The predicted octanol–water partition coefficient (Wildman–Crippen LogP) is 6.95. The molecule has 4 aromatic rings. The minimum Gasteiger partial charge on any atom is -0.303 e. The summed E-state index contributed by atoms with van der Waals surface area (Å²) >= 11 is 0. The monoisotopic (exact) mass is 477 g/mol. The fourth-order valence-corrected chi connectivity index (χ4v) is 11.0. The van der Waals surface area contributed by atoms with Crippen LogP contribution >= 0.6 is 7.29 Å². The van der Waals surface area contributed by atoms with Gasteiger partial charge in [-0.05, 0) is 47.0 Å². The first-order valence-electron chi connectivity index (χ1n) is 12.2. The first-order valence-corrected chi connectivity index (χ1v) is 13.9. The second-order valence-corrected chi connectivity index (χ2v) is 12.7. The summed E-state index contributed by atoms with van der Waals surface area (Å²) in [5.74, 6) is -0.0328. The lowest BCUT2D eigenvalue weighted by Crippen LogP contribution is -2.37. The molecule has 1 fully saturated rings. The average Bonchev–Trinajstić information content (AvgIpc) is 3.12. The maximum Gasteiger partial charge on any atom is 0.190 e. The Balaban J connectivity index is 1.73. The molecule has 174 valence electrons. The Labute approximate surface area is 206 Å². The maximum atomic E-state index is 16.1. The van der Waals surface area contributed by atoms with Crippen LogP contribution < -0.4 is 5.30 Å². The summed E-state index contributed by atoms with van der Waals surface area (Å²) in [7, 11) is -1.26. The van der Waals surface area contributed by atoms with Gasteiger partial charge in [-0.2, -0.15) is 0 Å². The molecule has 0 radical (unpaired) electrons. The number of rotatable bonds is 5. The topological polar surface area (TPSA) is 37.4 Å². The van der Waals surface area contributed by atoms with Gasteiger partial charge < -0.3 is 9.36 Å². The number of carbonyl (C=O) groups is 1. The summed E-state index contributed by atoms with van der Waals surface area (Å²) < 4.78 is 18.2. The summed E-state index contributed by atoms with van der Waals surface area (Å²) in [6, 6.07) is 33.0. The van der Waals surface area contributed by atoms with E-state index in [-0.39, 0.29) is 12.0 Å². The zero-order chi connectivity index (χ0) is 24.0. The molecule has 35 heavy (non-hydrogen) atoms. The normalized spacial score (nSPS) is 27.5. The van der Waals surface area contributed by atoms with E-state index in [1.165, 1.54) is 0 Å². The molecular formula is C31H28NO2P. The Bertz CT molecular complexity index is 1490. The Morgan fingerprint density at radius 2 is 1.60 bits per heavy atom. The highest BCUT2D eigenvalue weighted by molar-refractivity contribution is 7.71. The van der Waals surface area contributed by atoms with Crippen LogP contribution in [0.2, 0.25) is 0 Å². The Hall–Kier alpha value is -3.26. The highest BCUT2D eigenvalue weighted by Gasteiger charge is 2.66. The number of aldehydes is 1. The van der Waals surface area contributed by atoms with E-state index in [0.29, 0.717) is 12.8 Å². The standard InChI is InChI=1S/C31H28NO2P/c1-32-30(25-13-3-2-4-14-25)28-20-19-24-12-6-8-17-27(24)31(28,21-10-22-33)35(32,34)29-18-9-15-23-11-5-7-16-26(23)29/h2-9,11-20,22,28,30H,10,21H2,1H3/t28-,30-,31-,35?/m1/s1. The van der Waals surface area contributed by atoms with Gasteiger partial charge in [-0.25, -0.2) is 4.67 Å². The molecule has 0 N–H and O–H groups in total. The van der Waals surface area contributed by atoms with E-state index in [9.17, 15) is 4.79 Å². The summed E-state index contributed by atoms with van der Waals surface area (Å²) in [6.45, 7) is 0. The second-order valence-electron chi connectivity index (χ2n) is 9.61. The van der Waals surface area contributed by atoms with E-state index in [4.69, 9.17) is 0 Å². The molecule has 1 heterocycles. The van der Waals surface area contributed by atoms with E-state index < -0.39 is 12.4 Å². The Kier molecular flexibility index (Phi) is 5.36. The molecule has 4 aromatic carbocycles. The molecule has 3 nitrogen and oxygen atoms in total. The first-order chi connectivity index (χ1) is 17.1. The van der Waals surface area contributed by atoms with Crippen molar-refractivity contribution in [2.24, 2.45) is 5.92 Å². The van der Waals surface area contributed by atoms with Crippen LogP contribution in [-0.4, -0.2) is 18.0 Å². The molecule has 1 saturated heterocycles. The lowest BCUT2D eigenvalue weighted by atomic mass is 9.71. The highest BCUT2D eigenvalue weighted by atomic mass is 31.2. The number of carbonyl (C=O) groups excluding carboxylic acids is 1. The van der Waals surface area contributed by atoms with Crippen molar-refractivity contribution in [2.45, 2.75) is 24.0 Å². The van der Waals surface area contributed by atoms with Crippen molar-refractivity contribution in [3.8, 4) is 0 Å². The van der Waals surface area contributed by atoms with E-state index >= 15 is 4.57 Å². The molecular weight excluding hydrogens is 449 g/mol. The largest absolute Gasteiger partial charge is 0.303 e. The van der Waals surface area contributed by atoms with Gasteiger partial charge in [0, 0.05) is 23.7 Å². The van der Waals surface area contributed by atoms with Crippen LogP contribution in [0.3, 0.4) is 0 Å². The fraction of sp³-hybridized carbons (Fsp3) is 0.194. The maximum absolute atomic E-state index is 16.1. The van der Waals surface area contributed by atoms with Crippen LogP contribution in [0.15, 0.2) is 103 Å². The second kappa shape index (κ2) is 8.45. The van der Waals surface area contributed by atoms with Crippen LogP contribution in [0, 0.1) is 5.92 Å². The van der Waals surface area contributed by atoms with Gasteiger partial charge in [0.15, 0.2) is 7.29 Å². The molecule has 0 spiro atoms. The molecule has 0 bridgehead atoms. The van der Waals surface area contributed by atoms with Crippen molar-refractivity contribution < 1.29 is 9.36 Å². The summed E-state index contributed by atoms with van der Waals surface area (Å²) in [6.07, 6.45) is 6.32. The molecule has 2 aliphatic rings. The molecule has 6 rings (SSSR count). The third kappa shape index (κ3) is 3.02. The molecule has 4 heteroatoms. The Morgan fingerprint density at radius 1 is 0.886 bits per heavy atom. The minimum absolute atomic E-state index is 0.0328. The molecule has 1 aliphatic carbocycles. The molecule has 0 amide bonds. The van der Waals surface area contributed by atoms with Gasteiger partial charge in [-0.15, -0.1) is 0 Å². The van der Waals surface area contributed by atoms with Crippen LogP contribution in [-0.2, 0) is 14.5 Å². The molecule has 1 aliphatic heterocycles. The van der Waals surface area contributed by atoms with Gasteiger partial charge in [-0.1, -0.05) is 103 Å². The lowest BCUT2D eigenvalue weighted by Gasteiger charge is -2.43. The van der Waals surface area contributed by atoms with Gasteiger partial charge in [0.05, 0.1) is 5.16 Å². The van der Waals surface area contributed by atoms with E-state index in [1.54, 1.807) is 0 Å². The number of hydrogen-bond donors (Lipinski definition) is 0. The van der Waals surface area contributed by atoms with Crippen LogP contribution in [0.5, 0.6) is 0 Å². The van der Waals surface area contributed by atoms with Crippen molar-refractivity contribution in [2.75, 3.05) is 7.05 Å². The number of hydrogen-bond acceptors (Lipinski definition) is 2. The van der Waals surface area contributed by atoms with Gasteiger partial charge >= 0.3 is 0 Å². The lowest BCUT2D eigenvalue weighted by molar-refractivity contribution is -0.108. The van der Waals surface area contributed by atoms with E-state index in [1.807, 2.05) is 49.5 Å². The first kappa shape index (κ1) is 22.2. The van der Waals surface area contributed by atoms with Crippen molar-refractivity contribution in [3.63, 3.8) is 0 Å². The third-order valence-corrected chi connectivity index (χ3v) is 12.1. The molecule has 1 unspecified atom stereocenters. The predicted molar refractivity (Wildman–Crippen MR) is 144 cm³/mol. The SMILES string of the molecule is CN1[C@H](c2ccccc2)[C@H]2C=Cc3ccccc3[C@@]2(CCC=O)P1(=O)c1cccc2ccccc12. The molecule has 0 aromatic heterocycles. The minimum atomic E-state index is -3.28. The molecule has 0 saturated carbocycles. The van der Waals surface area contributed by atoms with Crippen molar-refractivity contribution in [1.82, 2.24) is 4.67 Å². The van der Waals surface area contributed by atoms with Gasteiger partial charge in [-0.3, -0.25) is 0 Å². The fourth-order valence-electron chi connectivity index (χ4n) is 6.67. The number of nitrogens with zero attached hydrogens (tertiary/aromatic N) is 1. The van der Waals surface area contributed by atoms with Gasteiger partial charge in [0.25, 0.3) is 0 Å². The summed E-state index contributed by atoms with van der Waals surface area (Å²) in [5, 5.41) is 2.28. The Morgan fingerprint density at radius 3 is 2.43 bits per heavy atom. The van der Waals surface area contributed by atoms with Crippen LogP contribution in [0.4, 0.5) is 0 Å².